The third-order valence-corrected chi connectivity index (χ3v) is 5.14. The molecule has 7 heteroatoms. The highest BCUT2D eigenvalue weighted by Gasteiger charge is 2.14. The van der Waals surface area contributed by atoms with Gasteiger partial charge >= 0.3 is 0 Å². The molecule has 156 valence electrons. The Morgan fingerprint density at radius 3 is 2.71 bits per heavy atom. The number of hydrogen-bond donors (Lipinski definition) is 2. The van der Waals surface area contributed by atoms with Crippen LogP contribution in [-0.4, -0.2) is 16.0 Å². The van der Waals surface area contributed by atoms with Gasteiger partial charge in [-0.15, -0.1) is 0 Å². The molecule has 4 aromatic rings. The number of carbonyl (C=O) groups excluding carboxylic acids is 1. The van der Waals surface area contributed by atoms with Gasteiger partial charge in [0.1, 0.15) is 11.3 Å². The summed E-state index contributed by atoms with van der Waals surface area (Å²) in [6.45, 7) is 4.00. The van der Waals surface area contributed by atoms with Crippen molar-refractivity contribution in [3.8, 4) is 11.5 Å². The average Bonchev–Trinajstić information content (AvgIpc) is 3.18. The molecule has 0 saturated carbocycles. The number of amides is 1. The molecule has 0 aliphatic rings. The van der Waals surface area contributed by atoms with Gasteiger partial charge < -0.3 is 9.73 Å². The van der Waals surface area contributed by atoms with E-state index in [4.69, 9.17) is 16.6 Å². The lowest BCUT2D eigenvalue weighted by atomic mass is 10.1. The number of hydrogen-bond acceptors (Lipinski definition) is 4. The molecule has 2 N–H and O–H groups in total. The first-order chi connectivity index (χ1) is 14.9. The molecule has 1 heterocycles. The minimum atomic E-state index is -0.616. The van der Waals surface area contributed by atoms with Gasteiger partial charge in [0.15, 0.2) is 10.7 Å². The van der Waals surface area contributed by atoms with E-state index in [1.54, 1.807) is 6.07 Å². The van der Waals surface area contributed by atoms with Gasteiger partial charge in [0.2, 0.25) is 5.89 Å². The van der Waals surface area contributed by atoms with Crippen molar-refractivity contribution in [1.29, 1.82) is 0 Å². The molecule has 0 spiro atoms. The number of aryl methyl sites for hydroxylation is 2. The number of nitrogens with zero attached hydrogens (tertiary/aromatic N) is 1. The molecule has 0 bridgehead atoms. The summed E-state index contributed by atoms with van der Waals surface area (Å²) in [7, 11) is 0. The monoisotopic (exact) mass is 433 g/mol. The highest BCUT2D eigenvalue weighted by molar-refractivity contribution is 7.80. The number of anilines is 1. The molecule has 0 aliphatic carbocycles. The first-order valence-electron chi connectivity index (χ1n) is 9.82. The lowest BCUT2D eigenvalue weighted by molar-refractivity contribution is 0.0974. The zero-order valence-electron chi connectivity index (χ0n) is 17.0. The summed E-state index contributed by atoms with van der Waals surface area (Å²) in [5.74, 6) is -0.731. The fraction of sp³-hybridized carbons (Fsp3) is 0.125. The van der Waals surface area contributed by atoms with Crippen molar-refractivity contribution in [3.05, 3.63) is 83.2 Å². The van der Waals surface area contributed by atoms with E-state index in [1.165, 1.54) is 23.8 Å². The molecular formula is C24H20FN3O2S. The van der Waals surface area contributed by atoms with Gasteiger partial charge in [-0.1, -0.05) is 31.2 Å². The van der Waals surface area contributed by atoms with Crippen LogP contribution in [0.3, 0.4) is 0 Å². The quantitative estimate of drug-likeness (QED) is 0.408. The van der Waals surface area contributed by atoms with E-state index < -0.39 is 11.7 Å². The third-order valence-electron chi connectivity index (χ3n) is 4.94. The second-order valence-electron chi connectivity index (χ2n) is 7.09. The number of oxazole rings is 1. The van der Waals surface area contributed by atoms with Crippen molar-refractivity contribution in [2.24, 2.45) is 0 Å². The van der Waals surface area contributed by atoms with Crippen molar-refractivity contribution >= 4 is 40.0 Å². The van der Waals surface area contributed by atoms with Gasteiger partial charge in [-0.3, -0.25) is 10.1 Å². The Morgan fingerprint density at radius 2 is 1.94 bits per heavy atom. The molecule has 1 amide bonds. The maximum Gasteiger partial charge on any atom is 0.260 e. The number of nitrogens with one attached hydrogen (secondary N) is 2. The van der Waals surface area contributed by atoms with Crippen molar-refractivity contribution in [2.75, 3.05) is 5.32 Å². The van der Waals surface area contributed by atoms with Crippen molar-refractivity contribution in [1.82, 2.24) is 10.3 Å². The van der Waals surface area contributed by atoms with Gasteiger partial charge in [0, 0.05) is 11.3 Å². The lowest BCUT2D eigenvalue weighted by Gasteiger charge is -2.13. The van der Waals surface area contributed by atoms with Gasteiger partial charge in [0.25, 0.3) is 5.91 Å². The van der Waals surface area contributed by atoms with Gasteiger partial charge in [0.05, 0.1) is 5.56 Å². The maximum absolute atomic E-state index is 13.8. The predicted molar refractivity (Wildman–Crippen MR) is 124 cm³/mol. The van der Waals surface area contributed by atoms with Crippen LogP contribution in [0.15, 0.2) is 65.1 Å². The van der Waals surface area contributed by atoms with Crippen LogP contribution in [-0.2, 0) is 6.42 Å². The van der Waals surface area contributed by atoms with Crippen LogP contribution in [0.1, 0.15) is 28.4 Å². The molecular weight excluding hydrogens is 413 g/mol. The molecule has 0 atom stereocenters. The van der Waals surface area contributed by atoms with Gasteiger partial charge in [-0.25, -0.2) is 9.37 Å². The first kappa shape index (κ1) is 20.7. The Morgan fingerprint density at radius 1 is 1.13 bits per heavy atom. The minimum absolute atomic E-state index is 0.0682. The number of fused-ring (bicyclic) bond motifs is 1. The van der Waals surface area contributed by atoms with Crippen molar-refractivity contribution < 1.29 is 13.6 Å². The fourth-order valence-electron chi connectivity index (χ4n) is 3.18. The lowest BCUT2D eigenvalue weighted by Crippen LogP contribution is -2.34. The summed E-state index contributed by atoms with van der Waals surface area (Å²) < 4.78 is 19.7. The van der Waals surface area contributed by atoms with E-state index in [9.17, 15) is 9.18 Å². The summed E-state index contributed by atoms with van der Waals surface area (Å²) in [5, 5.41) is 5.58. The van der Waals surface area contributed by atoms with Crippen molar-refractivity contribution in [3.63, 3.8) is 0 Å². The summed E-state index contributed by atoms with van der Waals surface area (Å²) in [4.78, 5) is 16.9. The number of aromatic nitrogens is 1. The standard InChI is InChI=1S/C24H20FN3O2S/c1-3-15-9-11-21-20(12-15)26-23(30-21)16-10-8-14(2)19(13-16)27-24(31)28-22(29)17-6-4-5-7-18(17)25/h4-13H,3H2,1-2H3,(H2,27,28,29,31). The van der Waals surface area contributed by atoms with Crippen molar-refractivity contribution in [2.45, 2.75) is 20.3 Å². The number of thiocarbonyl (C=S) groups is 1. The highest BCUT2D eigenvalue weighted by Crippen LogP contribution is 2.28. The summed E-state index contributed by atoms with van der Waals surface area (Å²) in [6.07, 6.45) is 0.923. The first-order valence-corrected chi connectivity index (χ1v) is 10.2. The predicted octanol–water partition coefficient (Wildman–Crippen LogP) is 5.63. The normalized spacial score (nSPS) is 10.8. The van der Waals surface area contributed by atoms with E-state index in [0.29, 0.717) is 11.6 Å². The number of halogens is 1. The Kier molecular flexibility index (Phi) is 5.77. The number of rotatable bonds is 4. The largest absolute Gasteiger partial charge is 0.436 e. The van der Waals surface area contributed by atoms with E-state index in [1.807, 2.05) is 43.3 Å². The van der Waals surface area contributed by atoms with E-state index in [0.717, 1.165) is 28.6 Å². The molecule has 0 fully saturated rings. The van der Waals surface area contributed by atoms with Crippen LogP contribution in [0.25, 0.3) is 22.6 Å². The summed E-state index contributed by atoms with van der Waals surface area (Å²) >= 11 is 5.25. The Hall–Kier alpha value is -3.58. The fourth-order valence-corrected chi connectivity index (χ4v) is 3.38. The topological polar surface area (TPSA) is 67.2 Å². The maximum atomic E-state index is 13.8. The van der Waals surface area contributed by atoms with E-state index in [-0.39, 0.29) is 10.7 Å². The van der Waals surface area contributed by atoms with Crippen LogP contribution in [0.4, 0.5) is 10.1 Å². The van der Waals surface area contributed by atoms with Crippen LogP contribution in [0, 0.1) is 12.7 Å². The molecule has 4 rings (SSSR count). The van der Waals surface area contributed by atoms with Gasteiger partial charge in [-0.2, -0.15) is 0 Å². The highest BCUT2D eigenvalue weighted by atomic mass is 32.1. The SMILES string of the molecule is CCc1ccc2oc(-c3ccc(C)c(NC(=S)NC(=O)c4ccccc4F)c3)nc2c1. The van der Waals surface area contributed by atoms with Crippen LogP contribution >= 0.6 is 12.2 Å². The second kappa shape index (κ2) is 8.65. The third kappa shape index (κ3) is 4.46. The average molecular weight is 434 g/mol. The Labute approximate surface area is 184 Å². The summed E-state index contributed by atoms with van der Waals surface area (Å²) in [5.41, 5.74) is 5.01. The summed E-state index contributed by atoms with van der Waals surface area (Å²) in [6, 6.07) is 17.4. The zero-order chi connectivity index (χ0) is 22.0. The second-order valence-corrected chi connectivity index (χ2v) is 7.50. The molecule has 31 heavy (non-hydrogen) atoms. The molecule has 1 aromatic heterocycles. The smallest absolute Gasteiger partial charge is 0.260 e. The Balaban J connectivity index is 1.55. The van der Waals surface area contributed by atoms with Crippen LogP contribution in [0.2, 0.25) is 0 Å². The van der Waals surface area contributed by atoms with E-state index >= 15 is 0 Å². The number of carbonyl (C=O) groups is 1. The minimum Gasteiger partial charge on any atom is -0.436 e. The molecule has 0 radical (unpaired) electrons. The Bertz CT molecular complexity index is 1300. The zero-order valence-corrected chi connectivity index (χ0v) is 17.8. The molecule has 3 aromatic carbocycles. The molecule has 0 saturated heterocycles. The number of benzene rings is 3. The molecule has 0 aliphatic heterocycles. The van der Waals surface area contributed by atoms with Gasteiger partial charge in [-0.05, 0) is 73.1 Å². The van der Waals surface area contributed by atoms with Crippen LogP contribution in [0.5, 0.6) is 0 Å². The molecule has 5 nitrogen and oxygen atoms in total. The van der Waals surface area contributed by atoms with E-state index in [2.05, 4.69) is 22.5 Å². The van der Waals surface area contributed by atoms with Crippen LogP contribution < -0.4 is 10.6 Å². The molecule has 0 unspecified atom stereocenters.